The molecule has 1 aliphatic heterocycles. The standard InChI is InChI=1S/C15H19F3N2O4.ClH/c1-22-11-3-2-10(8-12(11)24-9-15(16,17)18)20-13(21)14(19)4-6-23-7-5-14;/h2-3,8H,4-7,9,19H2,1H3,(H,20,21);1H. The second-order valence-corrected chi connectivity index (χ2v) is 5.49. The molecule has 1 amide bonds. The molecule has 142 valence electrons. The normalized spacial score (nSPS) is 16.5. The average molecular weight is 385 g/mol. The highest BCUT2D eigenvalue weighted by Gasteiger charge is 2.36. The molecule has 10 heteroatoms. The molecule has 2 rings (SSSR count). The molecule has 1 heterocycles. The second kappa shape index (κ2) is 8.59. The maximum Gasteiger partial charge on any atom is 0.422 e. The topological polar surface area (TPSA) is 82.8 Å². The monoisotopic (exact) mass is 384 g/mol. The highest BCUT2D eigenvalue weighted by Crippen LogP contribution is 2.32. The van der Waals surface area contributed by atoms with Gasteiger partial charge in [-0.2, -0.15) is 13.2 Å². The minimum Gasteiger partial charge on any atom is -0.493 e. The molecule has 1 aromatic carbocycles. The lowest BCUT2D eigenvalue weighted by atomic mass is 9.90. The van der Waals surface area contributed by atoms with Gasteiger partial charge in [-0.1, -0.05) is 0 Å². The summed E-state index contributed by atoms with van der Waals surface area (Å²) in [6.45, 7) is -0.697. The number of alkyl halides is 3. The van der Waals surface area contributed by atoms with Gasteiger partial charge in [-0.05, 0) is 25.0 Å². The number of nitrogens with one attached hydrogen (secondary N) is 1. The zero-order valence-electron chi connectivity index (χ0n) is 13.5. The molecule has 1 aromatic rings. The number of benzene rings is 1. The summed E-state index contributed by atoms with van der Waals surface area (Å²) in [6, 6.07) is 4.18. The summed E-state index contributed by atoms with van der Waals surface area (Å²) in [6.07, 6.45) is -3.74. The van der Waals surface area contributed by atoms with Crippen molar-refractivity contribution < 1.29 is 32.2 Å². The summed E-state index contributed by atoms with van der Waals surface area (Å²) in [7, 11) is 1.31. The van der Waals surface area contributed by atoms with Crippen molar-refractivity contribution in [2.24, 2.45) is 5.73 Å². The molecule has 0 atom stereocenters. The number of rotatable bonds is 5. The largest absolute Gasteiger partial charge is 0.493 e. The lowest BCUT2D eigenvalue weighted by molar-refractivity contribution is -0.153. The lowest BCUT2D eigenvalue weighted by Crippen LogP contribution is -2.54. The summed E-state index contributed by atoms with van der Waals surface area (Å²) in [5, 5.41) is 2.60. The number of carbonyl (C=O) groups is 1. The van der Waals surface area contributed by atoms with Crippen LogP contribution in [0.15, 0.2) is 18.2 Å². The van der Waals surface area contributed by atoms with Crippen molar-refractivity contribution in [2.75, 3.05) is 32.2 Å². The van der Waals surface area contributed by atoms with Crippen LogP contribution in [-0.2, 0) is 9.53 Å². The first-order valence-electron chi connectivity index (χ1n) is 7.29. The number of nitrogens with two attached hydrogens (primary N) is 1. The van der Waals surface area contributed by atoms with Gasteiger partial charge in [0.2, 0.25) is 5.91 Å². The number of halogens is 4. The quantitative estimate of drug-likeness (QED) is 0.815. The number of methoxy groups -OCH3 is 1. The predicted octanol–water partition coefficient (Wildman–Crippen LogP) is 2.50. The molecule has 0 aromatic heterocycles. The highest BCUT2D eigenvalue weighted by atomic mass is 35.5. The Morgan fingerprint density at radius 2 is 1.96 bits per heavy atom. The van der Waals surface area contributed by atoms with Crippen molar-refractivity contribution >= 4 is 24.0 Å². The zero-order chi connectivity index (χ0) is 17.8. The van der Waals surface area contributed by atoms with Crippen LogP contribution < -0.4 is 20.5 Å². The number of hydrogen-bond acceptors (Lipinski definition) is 5. The Labute approximate surface area is 149 Å². The van der Waals surface area contributed by atoms with Crippen LogP contribution in [-0.4, -0.2) is 44.6 Å². The zero-order valence-corrected chi connectivity index (χ0v) is 14.3. The molecule has 0 bridgehead atoms. The molecule has 1 saturated heterocycles. The lowest BCUT2D eigenvalue weighted by Gasteiger charge is -2.31. The van der Waals surface area contributed by atoms with Gasteiger partial charge in [0.05, 0.1) is 7.11 Å². The highest BCUT2D eigenvalue weighted by molar-refractivity contribution is 5.98. The van der Waals surface area contributed by atoms with E-state index in [1.54, 1.807) is 0 Å². The van der Waals surface area contributed by atoms with Gasteiger partial charge in [-0.3, -0.25) is 4.79 Å². The van der Waals surface area contributed by atoms with E-state index in [0.29, 0.717) is 26.1 Å². The van der Waals surface area contributed by atoms with Crippen LogP contribution in [0.3, 0.4) is 0 Å². The fourth-order valence-corrected chi connectivity index (χ4v) is 2.25. The van der Waals surface area contributed by atoms with Crippen LogP contribution in [0, 0.1) is 0 Å². The van der Waals surface area contributed by atoms with Crippen LogP contribution in [0.5, 0.6) is 11.5 Å². The molecule has 25 heavy (non-hydrogen) atoms. The summed E-state index contributed by atoms with van der Waals surface area (Å²) in [4.78, 5) is 12.3. The van der Waals surface area contributed by atoms with E-state index in [-0.39, 0.29) is 29.6 Å². The van der Waals surface area contributed by atoms with E-state index >= 15 is 0 Å². The van der Waals surface area contributed by atoms with Crippen molar-refractivity contribution in [2.45, 2.75) is 24.6 Å². The third kappa shape index (κ3) is 5.94. The van der Waals surface area contributed by atoms with Gasteiger partial charge in [0.25, 0.3) is 0 Å². The van der Waals surface area contributed by atoms with Crippen LogP contribution in [0.2, 0.25) is 0 Å². The summed E-state index contributed by atoms with van der Waals surface area (Å²) >= 11 is 0. The number of ether oxygens (including phenoxy) is 3. The van der Waals surface area contributed by atoms with Gasteiger partial charge in [0.1, 0.15) is 5.54 Å². The average Bonchev–Trinajstić information content (AvgIpc) is 2.53. The van der Waals surface area contributed by atoms with Crippen LogP contribution in [0.1, 0.15) is 12.8 Å². The van der Waals surface area contributed by atoms with Gasteiger partial charge in [-0.15, -0.1) is 12.4 Å². The van der Waals surface area contributed by atoms with Crippen molar-refractivity contribution in [3.63, 3.8) is 0 Å². The van der Waals surface area contributed by atoms with Gasteiger partial charge < -0.3 is 25.3 Å². The maximum atomic E-state index is 12.3. The number of carbonyl (C=O) groups excluding carboxylic acids is 1. The Hall–Kier alpha value is -1.71. The van der Waals surface area contributed by atoms with Crippen LogP contribution in [0.4, 0.5) is 18.9 Å². The molecular weight excluding hydrogens is 365 g/mol. The molecule has 1 aliphatic rings. The van der Waals surface area contributed by atoms with Gasteiger partial charge in [0, 0.05) is 25.0 Å². The molecule has 0 saturated carbocycles. The van der Waals surface area contributed by atoms with Crippen molar-refractivity contribution in [3.8, 4) is 11.5 Å². The molecule has 0 spiro atoms. The predicted molar refractivity (Wildman–Crippen MR) is 87.4 cm³/mol. The fourth-order valence-electron chi connectivity index (χ4n) is 2.25. The third-order valence-electron chi connectivity index (χ3n) is 3.65. The Bertz CT molecular complexity index is 593. The minimum absolute atomic E-state index is 0. The second-order valence-electron chi connectivity index (χ2n) is 5.49. The van der Waals surface area contributed by atoms with Gasteiger partial charge >= 0.3 is 6.18 Å². The van der Waals surface area contributed by atoms with Crippen molar-refractivity contribution in [1.29, 1.82) is 0 Å². The van der Waals surface area contributed by atoms with Crippen molar-refractivity contribution in [3.05, 3.63) is 18.2 Å². The molecule has 0 aliphatic carbocycles. The first-order chi connectivity index (χ1) is 11.2. The van der Waals surface area contributed by atoms with Crippen LogP contribution >= 0.6 is 12.4 Å². The summed E-state index contributed by atoms with van der Waals surface area (Å²) in [5.74, 6) is -0.408. The fraction of sp³-hybridized carbons (Fsp3) is 0.533. The van der Waals surface area contributed by atoms with E-state index in [0.717, 1.165) is 0 Å². The van der Waals surface area contributed by atoms with Crippen LogP contribution in [0.25, 0.3) is 0 Å². The Morgan fingerprint density at radius 1 is 1.32 bits per heavy atom. The Morgan fingerprint density at radius 3 is 2.52 bits per heavy atom. The van der Waals surface area contributed by atoms with E-state index in [9.17, 15) is 18.0 Å². The van der Waals surface area contributed by atoms with E-state index in [1.165, 1.54) is 25.3 Å². The van der Waals surface area contributed by atoms with E-state index in [1.807, 2.05) is 0 Å². The minimum atomic E-state index is -4.48. The van der Waals surface area contributed by atoms with Crippen molar-refractivity contribution in [1.82, 2.24) is 0 Å². The summed E-state index contributed by atoms with van der Waals surface area (Å²) < 4.78 is 51.8. The Kier molecular flexibility index (Phi) is 7.33. The summed E-state index contributed by atoms with van der Waals surface area (Å²) in [5.41, 5.74) is 5.27. The van der Waals surface area contributed by atoms with E-state index < -0.39 is 24.2 Å². The number of anilines is 1. The van der Waals surface area contributed by atoms with Gasteiger partial charge in [-0.25, -0.2) is 0 Å². The molecule has 0 unspecified atom stereocenters. The number of amides is 1. The van der Waals surface area contributed by atoms with E-state index in [2.05, 4.69) is 5.32 Å². The van der Waals surface area contributed by atoms with Gasteiger partial charge in [0.15, 0.2) is 18.1 Å². The molecule has 0 radical (unpaired) electrons. The molecule has 3 N–H and O–H groups in total. The first-order valence-corrected chi connectivity index (χ1v) is 7.29. The smallest absolute Gasteiger partial charge is 0.422 e. The molecule has 6 nitrogen and oxygen atoms in total. The van der Waals surface area contributed by atoms with E-state index in [4.69, 9.17) is 19.9 Å². The molecule has 1 fully saturated rings. The third-order valence-corrected chi connectivity index (χ3v) is 3.65. The maximum absolute atomic E-state index is 12.3. The SMILES string of the molecule is COc1ccc(NC(=O)C2(N)CCOCC2)cc1OCC(F)(F)F.Cl. The Balaban J connectivity index is 0.00000312. The first kappa shape index (κ1) is 21.3. The molecular formula is C15H20ClF3N2O4. The number of hydrogen-bond donors (Lipinski definition) is 2.